The lowest BCUT2D eigenvalue weighted by molar-refractivity contribution is -0.172. The van der Waals surface area contributed by atoms with Crippen molar-refractivity contribution >= 4 is 17.9 Å². The standard InChI is InChI=1S/C19H26O6/c1-8-10-17(3,4)15(22)24-12-19(7,14(20)21)13-25-16(23)18(5,6)11-9-2/h1-2H,10-13H2,3-7H3,(H,20,21). The summed E-state index contributed by atoms with van der Waals surface area (Å²) in [6.07, 6.45) is 10.7. The second-order valence-electron chi connectivity index (χ2n) is 7.55. The number of carboxylic acid groups (broad SMARTS) is 1. The first-order valence-corrected chi connectivity index (χ1v) is 7.77. The van der Waals surface area contributed by atoms with E-state index in [0.29, 0.717) is 0 Å². The first-order valence-electron chi connectivity index (χ1n) is 7.77. The van der Waals surface area contributed by atoms with Crippen LogP contribution in [0.2, 0.25) is 0 Å². The molecule has 0 radical (unpaired) electrons. The summed E-state index contributed by atoms with van der Waals surface area (Å²) in [5.74, 6) is 2.27. The van der Waals surface area contributed by atoms with E-state index >= 15 is 0 Å². The van der Waals surface area contributed by atoms with E-state index in [4.69, 9.17) is 22.3 Å². The number of carbonyl (C=O) groups is 3. The molecule has 0 amide bonds. The number of rotatable bonds is 9. The van der Waals surface area contributed by atoms with E-state index in [1.54, 1.807) is 27.7 Å². The van der Waals surface area contributed by atoms with E-state index in [9.17, 15) is 19.5 Å². The van der Waals surface area contributed by atoms with Crippen molar-refractivity contribution in [1.29, 1.82) is 0 Å². The normalized spacial score (nSPS) is 11.8. The highest BCUT2D eigenvalue weighted by Crippen LogP contribution is 2.27. The maximum atomic E-state index is 12.1. The summed E-state index contributed by atoms with van der Waals surface area (Å²) in [6.45, 7) is 6.87. The second kappa shape index (κ2) is 8.58. The number of hydrogen-bond acceptors (Lipinski definition) is 5. The molecule has 0 aliphatic rings. The van der Waals surface area contributed by atoms with E-state index in [1.165, 1.54) is 6.92 Å². The molecule has 0 saturated carbocycles. The maximum absolute atomic E-state index is 12.1. The Morgan fingerprint density at radius 1 is 0.840 bits per heavy atom. The number of ether oxygens (including phenoxy) is 2. The average Bonchev–Trinajstić information content (AvgIpc) is 2.49. The van der Waals surface area contributed by atoms with Crippen molar-refractivity contribution < 1.29 is 29.0 Å². The van der Waals surface area contributed by atoms with E-state index in [2.05, 4.69) is 11.8 Å². The molecule has 0 heterocycles. The van der Waals surface area contributed by atoms with Crippen LogP contribution in [-0.4, -0.2) is 36.2 Å². The summed E-state index contributed by atoms with van der Waals surface area (Å²) in [4.78, 5) is 35.7. The monoisotopic (exact) mass is 350 g/mol. The molecule has 0 aromatic heterocycles. The summed E-state index contributed by atoms with van der Waals surface area (Å²) in [5, 5.41) is 9.42. The lowest BCUT2D eigenvalue weighted by atomic mass is 9.88. The third kappa shape index (κ3) is 6.51. The quantitative estimate of drug-likeness (QED) is 0.507. The van der Waals surface area contributed by atoms with E-state index < -0.39 is 47.4 Å². The smallest absolute Gasteiger partial charge is 0.316 e. The molecule has 0 bridgehead atoms. The van der Waals surface area contributed by atoms with Crippen molar-refractivity contribution in [1.82, 2.24) is 0 Å². The van der Waals surface area contributed by atoms with Crippen LogP contribution in [0.1, 0.15) is 47.5 Å². The fourth-order valence-corrected chi connectivity index (χ4v) is 1.66. The van der Waals surface area contributed by atoms with Gasteiger partial charge in [0.1, 0.15) is 18.6 Å². The molecule has 0 aromatic rings. The molecule has 25 heavy (non-hydrogen) atoms. The maximum Gasteiger partial charge on any atom is 0.316 e. The molecule has 0 spiro atoms. The van der Waals surface area contributed by atoms with Gasteiger partial charge in [-0.1, -0.05) is 0 Å². The minimum absolute atomic E-state index is 0.158. The summed E-state index contributed by atoms with van der Waals surface area (Å²) in [6, 6.07) is 0. The summed E-state index contributed by atoms with van der Waals surface area (Å²) in [5.41, 5.74) is -3.44. The van der Waals surface area contributed by atoms with Gasteiger partial charge in [-0.05, 0) is 34.6 Å². The van der Waals surface area contributed by atoms with Crippen molar-refractivity contribution in [2.75, 3.05) is 13.2 Å². The Labute approximate surface area is 149 Å². The van der Waals surface area contributed by atoms with Gasteiger partial charge in [0.2, 0.25) is 0 Å². The van der Waals surface area contributed by atoms with Crippen LogP contribution in [-0.2, 0) is 23.9 Å². The van der Waals surface area contributed by atoms with Crippen molar-refractivity contribution in [3.63, 3.8) is 0 Å². The van der Waals surface area contributed by atoms with Gasteiger partial charge in [-0.2, -0.15) is 0 Å². The van der Waals surface area contributed by atoms with Crippen LogP contribution in [0.3, 0.4) is 0 Å². The first-order chi connectivity index (χ1) is 11.3. The largest absolute Gasteiger partial charge is 0.481 e. The minimum Gasteiger partial charge on any atom is -0.481 e. The van der Waals surface area contributed by atoms with Gasteiger partial charge in [-0.25, -0.2) is 0 Å². The van der Waals surface area contributed by atoms with Gasteiger partial charge in [0.05, 0.1) is 10.8 Å². The molecular formula is C19H26O6. The van der Waals surface area contributed by atoms with Gasteiger partial charge in [0.15, 0.2) is 0 Å². The third-order valence-electron chi connectivity index (χ3n) is 3.75. The Balaban J connectivity index is 4.96. The molecule has 0 aliphatic heterocycles. The van der Waals surface area contributed by atoms with Crippen LogP contribution >= 0.6 is 0 Å². The highest BCUT2D eigenvalue weighted by atomic mass is 16.6. The Morgan fingerprint density at radius 2 is 1.16 bits per heavy atom. The fourth-order valence-electron chi connectivity index (χ4n) is 1.66. The van der Waals surface area contributed by atoms with Crippen LogP contribution in [0.15, 0.2) is 0 Å². The lowest BCUT2D eigenvalue weighted by Gasteiger charge is -2.28. The summed E-state index contributed by atoms with van der Waals surface area (Å²) >= 11 is 0. The number of carbonyl (C=O) groups excluding carboxylic acids is 2. The van der Waals surface area contributed by atoms with Gasteiger partial charge in [0, 0.05) is 12.8 Å². The Bertz CT molecular complexity index is 556. The zero-order valence-corrected chi connectivity index (χ0v) is 15.5. The van der Waals surface area contributed by atoms with Crippen molar-refractivity contribution in [3.8, 4) is 24.7 Å². The molecule has 0 atom stereocenters. The molecule has 0 saturated heterocycles. The molecular weight excluding hydrogens is 324 g/mol. The SMILES string of the molecule is C#CCC(C)(C)C(=O)OCC(C)(COC(=O)C(C)(C)CC#C)C(=O)O. The molecule has 0 unspecified atom stereocenters. The number of carboxylic acids is 1. The summed E-state index contributed by atoms with van der Waals surface area (Å²) in [7, 11) is 0. The third-order valence-corrected chi connectivity index (χ3v) is 3.75. The highest BCUT2D eigenvalue weighted by Gasteiger charge is 2.40. The van der Waals surface area contributed by atoms with Crippen LogP contribution in [0.4, 0.5) is 0 Å². The predicted octanol–water partition coefficient (Wildman–Crippen LogP) is 2.26. The lowest BCUT2D eigenvalue weighted by Crippen LogP contribution is -2.41. The molecule has 0 aliphatic carbocycles. The van der Waals surface area contributed by atoms with Crippen LogP contribution in [0.5, 0.6) is 0 Å². The van der Waals surface area contributed by atoms with Crippen molar-refractivity contribution in [2.45, 2.75) is 47.5 Å². The zero-order valence-electron chi connectivity index (χ0n) is 15.5. The number of terminal acetylenes is 2. The summed E-state index contributed by atoms with van der Waals surface area (Å²) < 4.78 is 10.2. The topological polar surface area (TPSA) is 89.9 Å². The van der Waals surface area contributed by atoms with Crippen LogP contribution in [0, 0.1) is 40.9 Å². The van der Waals surface area contributed by atoms with Gasteiger partial charge in [-0.3, -0.25) is 14.4 Å². The minimum atomic E-state index is -1.58. The molecule has 6 heteroatoms. The highest BCUT2D eigenvalue weighted by molar-refractivity contribution is 5.79. The second-order valence-corrected chi connectivity index (χ2v) is 7.55. The fraction of sp³-hybridized carbons (Fsp3) is 0.632. The molecule has 0 fully saturated rings. The number of esters is 2. The van der Waals surface area contributed by atoms with E-state index in [0.717, 1.165) is 0 Å². The molecule has 0 rings (SSSR count). The first kappa shape index (κ1) is 22.5. The van der Waals surface area contributed by atoms with E-state index in [-0.39, 0.29) is 12.8 Å². The van der Waals surface area contributed by atoms with Gasteiger partial charge < -0.3 is 14.6 Å². The van der Waals surface area contributed by atoms with E-state index in [1.807, 2.05) is 0 Å². The Kier molecular flexibility index (Phi) is 7.73. The molecule has 6 nitrogen and oxygen atoms in total. The molecule has 138 valence electrons. The average molecular weight is 350 g/mol. The zero-order chi connectivity index (χ0) is 19.9. The predicted molar refractivity (Wildman–Crippen MR) is 92.1 cm³/mol. The van der Waals surface area contributed by atoms with Crippen molar-refractivity contribution in [2.24, 2.45) is 16.2 Å². The van der Waals surface area contributed by atoms with Gasteiger partial charge in [-0.15, -0.1) is 24.7 Å². The van der Waals surface area contributed by atoms with Crippen molar-refractivity contribution in [3.05, 3.63) is 0 Å². The van der Waals surface area contributed by atoms with Gasteiger partial charge >= 0.3 is 17.9 Å². The Morgan fingerprint density at radius 3 is 1.40 bits per heavy atom. The van der Waals surface area contributed by atoms with Crippen LogP contribution < -0.4 is 0 Å². The van der Waals surface area contributed by atoms with Gasteiger partial charge in [0.25, 0.3) is 0 Å². The number of hydrogen-bond donors (Lipinski definition) is 1. The van der Waals surface area contributed by atoms with Crippen LogP contribution in [0.25, 0.3) is 0 Å². The number of aliphatic carboxylic acids is 1. The molecule has 1 N–H and O–H groups in total. The molecule has 0 aromatic carbocycles. The Hall–Kier alpha value is -2.47.